The monoisotopic (exact) mass is 384 g/mol. The zero-order valence-corrected chi connectivity index (χ0v) is 15.1. The van der Waals surface area contributed by atoms with Gasteiger partial charge < -0.3 is 24.8 Å². The smallest absolute Gasteiger partial charge is 0.405 e. The topological polar surface area (TPSA) is 137 Å². The van der Waals surface area contributed by atoms with Gasteiger partial charge in [-0.1, -0.05) is 0 Å². The van der Waals surface area contributed by atoms with Gasteiger partial charge in [-0.2, -0.15) is 5.26 Å². The van der Waals surface area contributed by atoms with E-state index in [1.807, 2.05) is 6.07 Å². The number of ether oxygens (including phenoxy) is 1. The lowest BCUT2D eigenvalue weighted by Gasteiger charge is -2.54. The maximum absolute atomic E-state index is 12.5. The van der Waals surface area contributed by atoms with E-state index in [1.165, 1.54) is 16.8 Å². The highest BCUT2D eigenvalue weighted by molar-refractivity contribution is 5.75. The van der Waals surface area contributed by atoms with Crippen molar-refractivity contribution in [3.05, 3.63) is 40.3 Å². The maximum Gasteiger partial charge on any atom is 0.405 e. The summed E-state index contributed by atoms with van der Waals surface area (Å²) in [5.41, 5.74) is -0.348. The lowest BCUT2D eigenvalue weighted by molar-refractivity contribution is -0.209. The Bertz CT molecular complexity index is 1020. The highest BCUT2D eigenvalue weighted by Crippen LogP contribution is 2.45. The van der Waals surface area contributed by atoms with E-state index < -0.39 is 23.3 Å². The Labute approximate surface area is 160 Å². The molecule has 4 heterocycles. The zero-order valence-electron chi connectivity index (χ0n) is 15.1. The molecule has 2 bridgehead atoms. The fourth-order valence-corrected chi connectivity index (χ4v) is 4.30. The SMILES string of the molecule is N#Cc1cnc2ccc(=O)n(CC(O)C34CCC(NC(=O)O)(CC3)CO4)c2c1. The highest BCUT2D eigenvalue weighted by atomic mass is 16.5. The first-order valence-corrected chi connectivity index (χ1v) is 9.09. The number of hydrogen-bond donors (Lipinski definition) is 3. The van der Waals surface area contributed by atoms with Gasteiger partial charge in [0.1, 0.15) is 12.2 Å². The summed E-state index contributed by atoms with van der Waals surface area (Å²) >= 11 is 0. The molecular weight excluding hydrogens is 364 g/mol. The van der Waals surface area contributed by atoms with Gasteiger partial charge in [-0.05, 0) is 37.8 Å². The molecule has 28 heavy (non-hydrogen) atoms. The Morgan fingerprint density at radius 1 is 1.39 bits per heavy atom. The van der Waals surface area contributed by atoms with Crippen LogP contribution in [0.5, 0.6) is 0 Å². The first-order chi connectivity index (χ1) is 13.4. The van der Waals surface area contributed by atoms with E-state index in [2.05, 4.69) is 10.3 Å². The lowest BCUT2D eigenvalue weighted by Crippen LogP contribution is -2.66. The predicted molar refractivity (Wildman–Crippen MR) is 97.8 cm³/mol. The zero-order chi connectivity index (χ0) is 19.9. The minimum absolute atomic E-state index is 0.00605. The quantitative estimate of drug-likeness (QED) is 0.714. The average Bonchev–Trinajstić information content (AvgIpc) is 2.70. The first-order valence-electron chi connectivity index (χ1n) is 9.09. The van der Waals surface area contributed by atoms with Gasteiger partial charge in [0.05, 0.1) is 40.9 Å². The van der Waals surface area contributed by atoms with Crippen LogP contribution >= 0.6 is 0 Å². The normalized spacial score (nSPS) is 27.3. The first kappa shape index (κ1) is 18.4. The molecule has 9 nitrogen and oxygen atoms in total. The second kappa shape index (κ2) is 6.58. The summed E-state index contributed by atoms with van der Waals surface area (Å²) in [6.07, 6.45) is 1.53. The van der Waals surface area contributed by atoms with Gasteiger partial charge in [-0.25, -0.2) is 4.79 Å². The molecule has 0 spiro atoms. The molecule has 2 aromatic heterocycles. The largest absolute Gasteiger partial charge is 0.465 e. The summed E-state index contributed by atoms with van der Waals surface area (Å²) < 4.78 is 7.36. The molecule has 2 aliphatic heterocycles. The van der Waals surface area contributed by atoms with Crippen molar-refractivity contribution in [2.24, 2.45) is 0 Å². The van der Waals surface area contributed by atoms with Crippen LogP contribution < -0.4 is 10.9 Å². The van der Waals surface area contributed by atoms with Gasteiger partial charge in [-0.15, -0.1) is 0 Å². The van der Waals surface area contributed by atoms with Crippen molar-refractivity contribution in [2.75, 3.05) is 6.61 Å². The number of amides is 1. The van der Waals surface area contributed by atoms with E-state index in [0.717, 1.165) is 0 Å². The number of nitrogens with zero attached hydrogens (tertiary/aromatic N) is 3. The maximum atomic E-state index is 12.5. The summed E-state index contributed by atoms with van der Waals surface area (Å²) in [4.78, 5) is 27.7. The van der Waals surface area contributed by atoms with Gasteiger partial charge in [-0.3, -0.25) is 9.78 Å². The number of aliphatic hydroxyl groups excluding tert-OH is 1. The number of nitrogens with one attached hydrogen (secondary N) is 1. The van der Waals surface area contributed by atoms with E-state index >= 15 is 0 Å². The van der Waals surface area contributed by atoms with Crippen molar-refractivity contribution in [1.82, 2.24) is 14.9 Å². The van der Waals surface area contributed by atoms with Crippen molar-refractivity contribution < 1.29 is 19.7 Å². The molecular formula is C19H20N4O5. The van der Waals surface area contributed by atoms with E-state index in [0.29, 0.717) is 42.3 Å². The molecule has 2 aromatic rings. The molecule has 5 rings (SSSR count). The molecule has 3 fully saturated rings. The molecule has 0 aromatic carbocycles. The summed E-state index contributed by atoms with van der Waals surface area (Å²) in [5, 5.41) is 31.7. The third kappa shape index (κ3) is 3.00. The molecule has 1 unspecified atom stereocenters. The molecule has 1 saturated carbocycles. The fourth-order valence-electron chi connectivity index (χ4n) is 4.30. The molecule has 3 N–H and O–H groups in total. The van der Waals surface area contributed by atoms with Crippen LogP contribution in [-0.4, -0.2) is 49.7 Å². The standard InChI is InChI=1S/C19H20N4O5/c20-8-12-7-14-13(21-9-12)1-2-16(25)23(14)10-15(24)19-5-3-18(4-6-19,11-28-19)22-17(26)27/h1-2,7,9,15,22,24H,3-6,10-11H2,(H,26,27). The molecule has 2 saturated heterocycles. The van der Waals surface area contributed by atoms with Crippen LogP contribution in [0.25, 0.3) is 11.0 Å². The number of hydrogen-bond acceptors (Lipinski definition) is 6. The van der Waals surface area contributed by atoms with Gasteiger partial charge in [0, 0.05) is 12.3 Å². The molecule has 1 aliphatic carbocycles. The minimum atomic E-state index is -1.08. The van der Waals surface area contributed by atoms with Gasteiger partial charge >= 0.3 is 6.09 Å². The van der Waals surface area contributed by atoms with Crippen molar-refractivity contribution in [3.8, 4) is 6.07 Å². The third-order valence-corrected chi connectivity index (χ3v) is 5.99. The summed E-state index contributed by atoms with van der Waals surface area (Å²) in [6.45, 7) is 0.201. The Hall–Kier alpha value is -2.96. The molecule has 3 aliphatic rings. The van der Waals surface area contributed by atoms with Crippen LogP contribution in [0.1, 0.15) is 31.2 Å². The fraction of sp³-hybridized carbons (Fsp3) is 0.474. The van der Waals surface area contributed by atoms with E-state index in [9.17, 15) is 14.7 Å². The van der Waals surface area contributed by atoms with Crippen LogP contribution in [0.2, 0.25) is 0 Å². The number of pyridine rings is 2. The van der Waals surface area contributed by atoms with E-state index in [-0.39, 0.29) is 18.7 Å². The summed E-state index contributed by atoms with van der Waals surface area (Å²) in [7, 11) is 0. The van der Waals surface area contributed by atoms with Crippen molar-refractivity contribution in [2.45, 2.75) is 49.5 Å². The Morgan fingerprint density at radius 2 is 2.14 bits per heavy atom. The molecule has 146 valence electrons. The molecule has 0 radical (unpaired) electrons. The molecule has 9 heteroatoms. The van der Waals surface area contributed by atoms with E-state index in [4.69, 9.17) is 15.1 Å². The average molecular weight is 384 g/mol. The number of fused-ring (bicyclic) bond motifs is 4. The Morgan fingerprint density at radius 3 is 2.75 bits per heavy atom. The van der Waals surface area contributed by atoms with Crippen LogP contribution in [-0.2, 0) is 11.3 Å². The summed E-state index contributed by atoms with van der Waals surface area (Å²) in [6, 6.07) is 6.56. The highest BCUT2D eigenvalue weighted by Gasteiger charge is 2.53. The Kier molecular flexibility index (Phi) is 4.33. The van der Waals surface area contributed by atoms with Gasteiger partial charge in [0.2, 0.25) is 0 Å². The summed E-state index contributed by atoms with van der Waals surface area (Å²) in [5.74, 6) is 0. The second-order valence-corrected chi connectivity index (χ2v) is 7.60. The van der Waals surface area contributed by atoms with Crippen LogP contribution in [0.4, 0.5) is 4.79 Å². The van der Waals surface area contributed by atoms with Crippen LogP contribution in [0.3, 0.4) is 0 Å². The minimum Gasteiger partial charge on any atom is -0.465 e. The lowest BCUT2D eigenvalue weighted by atomic mass is 9.69. The second-order valence-electron chi connectivity index (χ2n) is 7.60. The number of aromatic nitrogens is 2. The number of nitriles is 1. The predicted octanol–water partition coefficient (Wildman–Crippen LogP) is 0.978. The third-order valence-electron chi connectivity index (χ3n) is 5.99. The van der Waals surface area contributed by atoms with Gasteiger partial charge in [0.15, 0.2) is 0 Å². The Balaban J connectivity index is 1.61. The van der Waals surface area contributed by atoms with Gasteiger partial charge in [0.25, 0.3) is 5.56 Å². The molecule has 1 amide bonds. The van der Waals surface area contributed by atoms with Crippen LogP contribution in [0, 0.1) is 11.3 Å². The van der Waals surface area contributed by atoms with E-state index in [1.54, 1.807) is 12.1 Å². The number of aliphatic hydroxyl groups is 1. The van der Waals surface area contributed by atoms with Crippen molar-refractivity contribution in [1.29, 1.82) is 5.26 Å². The molecule has 1 atom stereocenters. The van der Waals surface area contributed by atoms with Crippen LogP contribution in [0.15, 0.2) is 29.2 Å². The van der Waals surface area contributed by atoms with Crippen molar-refractivity contribution in [3.63, 3.8) is 0 Å². The number of carboxylic acid groups (broad SMARTS) is 1. The van der Waals surface area contributed by atoms with Crippen molar-refractivity contribution >= 4 is 17.1 Å². The number of rotatable bonds is 4. The number of carbonyl (C=O) groups is 1.